The Bertz CT molecular complexity index is 1670. The van der Waals surface area contributed by atoms with Gasteiger partial charge in [0, 0.05) is 24.2 Å². The fourth-order valence-corrected chi connectivity index (χ4v) is 6.49. The van der Waals surface area contributed by atoms with E-state index in [0.29, 0.717) is 36.4 Å². The van der Waals surface area contributed by atoms with Crippen LogP contribution < -0.4 is 10.0 Å². The Hall–Kier alpha value is -3.67. The van der Waals surface area contributed by atoms with Crippen molar-refractivity contribution in [2.75, 3.05) is 23.7 Å². The number of hydrogen-bond donors (Lipinski definition) is 1. The lowest BCUT2D eigenvalue weighted by Gasteiger charge is -2.26. The van der Waals surface area contributed by atoms with E-state index in [-0.39, 0.29) is 41.1 Å². The van der Waals surface area contributed by atoms with Crippen LogP contribution in [-0.4, -0.2) is 48.8 Å². The lowest BCUT2D eigenvalue weighted by molar-refractivity contribution is 0.0720. The minimum atomic E-state index is -3.65. The Kier molecular flexibility index (Phi) is 8.45. The van der Waals surface area contributed by atoms with E-state index in [1.54, 1.807) is 35.2 Å². The molecule has 0 aliphatic carbocycles. The highest BCUT2D eigenvalue weighted by molar-refractivity contribution is 7.92. The molecular weight excluding hydrogens is 578 g/mol. The number of nitrogens with zero attached hydrogens (tertiary/aromatic N) is 4. The first kappa shape index (κ1) is 29.8. The molecule has 12 heteroatoms. The van der Waals surface area contributed by atoms with Crippen LogP contribution in [0.3, 0.4) is 0 Å². The third kappa shape index (κ3) is 6.38. The smallest absolute Gasteiger partial charge is 0.254 e. The normalized spacial score (nSPS) is 16.9. The van der Waals surface area contributed by atoms with Crippen LogP contribution in [0.2, 0.25) is 5.22 Å². The molecule has 42 heavy (non-hydrogen) atoms. The van der Waals surface area contributed by atoms with Crippen molar-refractivity contribution in [1.82, 2.24) is 15.1 Å². The molecule has 4 aromatic rings. The number of carbonyl (C=O) groups excluding carboxylic acids is 1. The van der Waals surface area contributed by atoms with Crippen molar-refractivity contribution < 1.29 is 22.0 Å². The van der Waals surface area contributed by atoms with E-state index in [1.165, 1.54) is 4.31 Å². The van der Waals surface area contributed by atoms with Gasteiger partial charge in [0.1, 0.15) is 5.76 Å². The number of benzene rings is 2. The molecule has 0 spiro atoms. The number of anilines is 1. The largest absolute Gasteiger partial charge is 0.448 e. The summed E-state index contributed by atoms with van der Waals surface area (Å²) in [5, 5.41) is 8.73. The van der Waals surface area contributed by atoms with Gasteiger partial charge in [0.15, 0.2) is 5.22 Å². The van der Waals surface area contributed by atoms with E-state index in [9.17, 15) is 13.2 Å². The Labute approximate surface area is 250 Å². The Morgan fingerprint density at radius 3 is 2.57 bits per heavy atom. The van der Waals surface area contributed by atoms with Crippen molar-refractivity contribution in [3.8, 4) is 11.5 Å². The van der Waals surface area contributed by atoms with E-state index in [4.69, 9.17) is 26.2 Å². The number of aromatic nitrogens is 2. The molecule has 1 unspecified atom stereocenters. The van der Waals surface area contributed by atoms with Crippen molar-refractivity contribution in [2.45, 2.75) is 51.1 Å². The highest BCUT2D eigenvalue weighted by Gasteiger charge is 2.34. The second-order valence-corrected chi connectivity index (χ2v) is 13.2. The zero-order chi connectivity index (χ0) is 30.1. The summed E-state index contributed by atoms with van der Waals surface area (Å²) in [6.45, 7) is 4.45. The van der Waals surface area contributed by atoms with Crippen molar-refractivity contribution in [3.63, 3.8) is 0 Å². The third-order valence-electron chi connectivity index (χ3n) is 7.29. The highest BCUT2D eigenvalue weighted by Crippen LogP contribution is 2.37. The molecule has 5 rings (SSSR count). The number of sulfonamides is 1. The van der Waals surface area contributed by atoms with E-state index in [2.05, 4.69) is 10.2 Å². The molecule has 222 valence electrons. The molecule has 1 amide bonds. The Balaban J connectivity index is 1.54. The number of likely N-dealkylation sites (tertiary alicyclic amines) is 1. The standard InChI is InChI=1S/C30H34ClN5O5S/c1-4-14-36(42(3,38)39)23-17-21(27-33-34-29(41-27)30(2,32)19-20-9-6-5-7-10-20)16-22(18-23)28(37)35-15-8-11-24(35)25-12-13-26(31)40-25/h5-7,9-10,12-13,16-18,24H,4,8,11,14-15,19,32H2,1-3H3/t24?,30-/m1/s1. The average Bonchev–Trinajstić information content (AvgIpc) is 3.72. The zero-order valence-electron chi connectivity index (χ0n) is 23.8. The number of nitrogens with two attached hydrogens (primary N) is 1. The predicted molar refractivity (Wildman–Crippen MR) is 161 cm³/mol. The summed E-state index contributed by atoms with van der Waals surface area (Å²) in [6.07, 6.45) is 3.68. The van der Waals surface area contributed by atoms with Crippen LogP contribution in [0.5, 0.6) is 0 Å². The molecule has 2 aromatic carbocycles. The van der Waals surface area contributed by atoms with Crippen molar-refractivity contribution in [1.29, 1.82) is 0 Å². The van der Waals surface area contributed by atoms with E-state index in [1.807, 2.05) is 44.2 Å². The van der Waals surface area contributed by atoms with Gasteiger partial charge in [0.25, 0.3) is 5.91 Å². The van der Waals surface area contributed by atoms with E-state index < -0.39 is 15.6 Å². The van der Waals surface area contributed by atoms with Crippen LogP contribution in [0.15, 0.2) is 69.5 Å². The number of carbonyl (C=O) groups is 1. The topological polar surface area (TPSA) is 136 Å². The molecule has 3 heterocycles. The van der Waals surface area contributed by atoms with Crippen LogP contribution in [0.1, 0.15) is 66.7 Å². The first-order valence-corrected chi connectivity index (χ1v) is 16.0. The zero-order valence-corrected chi connectivity index (χ0v) is 25.4. The molecule has 1 saturated heterocycles. The fourth-order valence-electron chi connectivity index (χ4n) is 5.34. The highest BCUT2D eigenvalue weighted by atomic mass is 35.5. The van der Waals surface area contributed by atoms with E-state index >= 15 is 0 Å². The summed E-state index contributed by atoms with van der Waals surface area (Å²) in [5.41, 5.74) is 7.69. The summed E-state index contributed by atoms with van der Waals surface area (Å²) in [7, 11) is -3.65. The van der Waals surface area contributed by atoms with Crippen LogP contribution in [-0.2, 0) is 22.0 Å². The predicted octanol–water partition coefficient (Wildman–Crippen LogP) is 5.55. The van der Waals surface area contributed by atoms with Crippen molar-refractivity contribution >= 4 is 33.2 Å². The summed E-state index contributed by atoms with van der Waals surface area (Å²) in [5.74, 6) is 0.688. The average molecular weight is 612 g/mol. The summed E-state index contributed by atoms with van der Waals surface area (Å²) in [6, 6.07) is 17.8. The molecule has 2 N–H and O–H groups in total. The monoisotopic (exact) mass is 611 g/mol. The number of hydrogen-bond acceptors (Lipinski definition) is 8. The molecule has 0 saturated carbocycles. The van der Waals surface area contributed by atoms with Gasteiger partial charge in [0.2, 0.25) is 21.8 Å². The first-order chi connectivity index (χ1) is 20.0. The van der Waals surface area contributed by atoms with Crippen LogP contribution in [0, 0.1) is 0 Å². The molecule has 1 aliphatic rings. The van der Waals surface area contributed by atoms with Gasteiger partial charge < -0.3 is 19.5 Å². The first-order valence-electron chi connectivity index (χ1n) is 13.8. The Morgan fingerprint density at radius 1 is 1.14 bits per heavy atom. The van der Waals surface area contributed by atoms with Gasteiger partial charge >= 0.3 is 0 Å². The van der Waals surface area contributed by atoms with Gasteiger partial charge in [-0.05, 0) is 80.1 Å². The van der Waals surface area contributed by atoms with Crippen LogP contribution >= 0.6 is 11.6 Å². The van der Waals surface area contributed by atoms with Gasteiger partial charge in [-0.3, -0.25) is 9.10 Å². The van der Waals surface area contributed by atoms with Crippen LogP contribution in [0.25, 0.3) is 11.5 Å². The molecule has 2 aromatic heterocycles. The number of halogens is 1. The summed E-state index contributed by atoms with van der Waals surface area (Å²) < 4.78 is 38.6. The van der Waals surface area contributed by atoms with Gasteiger partial charge in [-0.2, -0.15) is 0 Å². The molecule has 0 radical (unpaired) electrons. The van der Waals surface area contributed by atoms with Gasteiger partial charge in [-0.15, -0.1) is 10.2 Å². The molecule has 0 bridgehead atoms. The maximum atomic E-state index is 14.0. The number of rotatable bonds is 10. The molecular formula is C30H34ClN5O5S. The van der Waals surface area contributed by atoms with Gasteiger partial charge in [-0.1, -0.05) is 37.3 Å². The number of furan rings is 1. The SMILES string of the molecule is CCCN(c1cc(C(=O)N2CCCC2c2ccc(Cl)o2)cc(-c2nnc([C@](C)(N)Cc3ccccc3)o2)c1)S(C)(=O)=O. The summed E-state index contributed by atoms with van der Waals surface area (Å²) >= 11 is 6.01. The lowest BCUT2D eigenvalue weighted by atomic mass is 9.94. The Morgan fingerprint density at radius 2 is 1.90 bits per heavy atom. The van der Waals surface area contributed by atoms with Crippen LogP contribution in [0.4, 0.5) is 5.69 Å². The second-order valence-electron chi connectivity index (χ2n) is 10.9. The van der Waals surface area contributed by atoms with Crippen molar-refractivity contribution in [3.05, 3.63) is 88.7 Å². The molecule has 1 fully saturated rings. The molecule has 10 nitrogen and oxygen atoms in total. The van der Waals surface area contributed by atoms with Gasteiger partial charge in [-0.25, -0.2) is 8.42 Å². The minimum absolute atomic E-state index is 0.131. The molecule has 2 atom stereocenters. The lowest BCUT2D eigenvalue weighted by Crippen LogP contribution is -2.35. The maximum absolute atomic E-state index is 14.0. The quantitative estimate of drug-likeness (QED) is 0.246. The van der Waals surface area contributed by atoms with Crippen molar-refractivity contribution in [2.24, 2.45) is 5.73 Å². The minimum Gasteiger partial charge on any atom is -0.448 e. The molecule has 1 aliphatic heterocycles. The summed E-state index contributed by atoms with van der Waals surface area (Å²) in [4.78, 5) is 15.7. The third-order valence-corrected chi connectivity index (χ3v) is 8.69. The fraction of sp³-hybridized carbons (Fsp3) is 0.367. The van der Waals surface area contributed by atoms with Gasteiger partial charge in [0.05, 0.1) is 23.5 Å². The number of amides is 1. The second kappa shape index (κ2) is 11.9. The van der Waals surface area contributed by atoms with E-state index in [0.717, 1.165) is 24.7 Å². The maximum Gasteiger partial charge on any atom is 0.254 e.